The van der Waals surface area contributed by atoms with Crippen LogP contribution in [0.1, 0.15) is 6.92 Å². The van der Waals surface area contributed by atoms with Crippen molar-refractivity contribution in [1.82, 2.24) is 5.32 Å². The smallest absolute Gasteiger partial charge is 0.414 e. The summed E-state index contributed by atoms with van der Waals surface area (Å²) in [5.74, 6) is -1.47. The van der Waals surface area contributed by atoms with Gasteiger partial charge in [0.2, 0.25) is 0 Å². The van der Waals surface area contributed by atoms with Crippen LogP contribution < -0.4 is 19.5 Å². The molecular weight excluding hydrogens is 394 g/mol. The molecule has 0 aliphatic heterocycles. The lowest BCUT2D eigenvalue weighted by Crippen LogP contribution is -2.36. The first-order valence-corrected chi connectivity index (χ1v) is 9.16. The van der Waals surface area contributed by atoms with Gasteiger partial charge in [0, 0.05) is 13.1 Å². The van der Waals surface area contributed by atoms with Gasteiger partial charge in [0.05, 0.1) is 7.11 Å². The van der Waals surface area contributed by atoms with Gasteiger partial charge >= 0.3 is 11.9 Å². The van der Waals surface area contributed by atoms with E-state index >= 15 is 0 Å². The normalized spacial score (nSPS) is 12.0. The molecule has 0 bridgehead atoms. The van der Waals surface area contributed by atoms with Gasteiger partial charge in [0.1, 0.15) is 24.6 Å². The molecule has 0 heterocycles. The van der Waals surface area contributed by atoms with E-state index < -0.39 is 18.0 Å². The summed E-state index contributed by atoms with van der Waals surface area (Å²) >= 11 is 0. The Balaban J connectivity index is 0.000000656. The summed E-state index contributed by atoms with van der Waals surface area (Å²) in [7, 11) is 1.62. The fraction of sp³-hybridized carbons (Fsp3) is 0.333. The number of rotatable bonds is 10. The molecule has 2 aromatic carbocycles. The number of aliphatic carboxylic acids is 2. The Labute approximate surface area is 174 Å². The monoisotopic (exact) mass is 421 g/mol. The third-order valence-corrected chi connectivity index (χ3v) is 3.58. The first-order valence-electron chi connectivity index (χ1n) is 9.16. The van der Waals surface area contributed by atoms with Crippen LogP contribution >= 0.6 is 0 Å². The van der Waals surface area contributed by atoms with Gasteiger partial charge < -0.3 is 34.8 Å². The summed E-state index contributed by atoms with van der Waals surface area (Å²) in [6.45, 7) is 3.26. The van der Waals surface area contributed by atoms with Gasteiger partial charge in [-0.2, -0.15) is 0 Å². The number of hydrogen-bond donors (Lipinski definition) is 4. The Kier molecular flexibility index (Phi) is 11.4. The van der Waals surface area contributed by atoms with Crippen LogP contribution in [0.3, 0.4) is 0 Å². The Morgan fingerprint density at radius 1 is 0.933 bits per heavy atom. The largest absolute Gasteiger partial charge is 0.493 e. The number of hydrogen-bond acceptors (Lipinski definition) is 7. The van der Waals surface area contributed by atoms with Gasteiger partial charge in [0.15, 0.2) is 11.5 Å². The minimum Gasteiger partial charge on any atom is -0.493 e. The molecule has 30 heavy (non-hydrogen) atoms. The topological polar surface area (TPSA) is 135 Å². The zero-order valence-electron chi connectivity index (χ0n) is 16.9. The molecule has 4 N–H and O–H groups in total. The minimum absolute atomic E-state index is 0.0523. The van der Waals surface area contributed by atoms with Crippen molar-refractivity contribution in [2.24, 2.45) is 0 Å². The predicted octanol–water partition coefficient (Wildman–Crippen LogP) is 1.65. The second kappa shape index (κ2) is 13.8. The highest BCUT2D eigenvalue weighted by Crippen LogP contribution is 2.26. The maximum Gasteiger partial charge on any atom is 0.414 e. The number of ether oxygens (including phenoxy) is 3. The number of para-hydroxylation sites is 3. The SMILES string of the molecule is COc1ccccc1OC(C)CNCC(O)COc1ccccc1.O=C(O)C(=O)O. The number of nitrogens with one attached hydrogen (secondary N) is 1. The lowest BCUT2D eigenvalue weighted by Gasteiger charge is -2.18. The number of carbonyl (C=O) groups is 2. The number of benzene rings is 2. The quantitative estimate of drug-likeness (QED) is 0.422. The van der Waals surface area contributed by atoms with Crippen LogP contribution in [0, 0.1) is 0 Å². The zero-order valence-corrected chi connectivity index (χ0v) is 16.9. The lowest BCUT2D eigenvalue weighted by atomic mass is 10.3. The molecule has 2 rings (SSSR count). The lowest BCUT2D eigenvalue weighted by molar-refractivity contribution is -0.159. The van der Waals surface area contributed by atoms with Gasteiger partial charge in [-0.15, -0.1) is 0 Å². The van der Waals surface area contributed by atoms with Crippen molar-refractivity contribution in [3.63, 3.8) is 0 Å². The van der Waals surface area contributed by atoms with E-state index in [9.17, 15) is 5.11 Å². The fourth-order valence-electron chi connectivity index (χ4n) is 2.20. The molecule has 0 aromatic heterocycles. The number of carboxylic acid groups (broad SMARTS) is 2. The summed E-state index contributed by atoms with van der Waals surface area (Å²) in [6.07, 6.45) is -0.632. The second-order valence-corrected chi connectivity index (χ2v) is 6.13. The minimum atomic E-state index is -1.82. The number of aliphatic hydroxyl groups excluding tert-OH is 1. The molecule has 0 fully saturated rings. The molecule has 0 spiro atoms. The molecule has 2 aromatic rings. The highest BCUT2D eigenvalue weighted by atomic mass is 16.5. The molecule has 2 unspecified atom stereocenters. The maximum absolute atomic E-state index is 9.95. The van der Waals surface area contributed by atoms with Crippen LogP contribution in [-0.2, 0) is 9.59 Å². The van der Waals surface area contributed by atoms with E-state index in [1.165, 1.54) is 0 Å². The molecule has 0 radical (unpaired) electrons. The number of carboxylic acids is 2. The van der Waals surface area contributed by atoms with E-state index in [2.05, 4.69) is 5.32 Å². The second-order valence-electron chi connectivity index (χ2n) is 6.13. The molecule has 164 valence electrons. The molecular formula is C21H27NO8. The average molecular weight is 421 g/mol. The highest BCUT2D eigenvalue weighted by molar-refractivity contribution is 6.27. The van der Waals surface area contributed by atoms with Gasteiger partial charge in [-0.05, 0) is 31.2 Å². The van der Waals surface area contributed by atoms with Gasteiger partial charge in [-0.25, -0.2) is 9.59 Å². The van der Waals surface area contributed by atoms with Crippen molar-refractivity contribution in [3.8, 4) is 17.2 Å². The standard InChI is InChI=1S/C19H25NO4.C2H2O4/c1-15(24-19-11-7-6-10-18(19)22-2)12-20-13-16(21)14-23-17-8-4-3-5-9-17;3-1(4)2(5)6/h3-11,15-16,20-21H,12-14H2,1-2H3;(H,3,4)(H,5,6). The van der Waals surface area contributed by atoms with Gasteiger partial charge in [-0.1, -0.05) is 30.3 Å². The van der Waals surface area contributed by atoms with Crippen LogP contribution in [0.5, 0.6) is 17.2 Å². The molecule has 2 atom stereocenters. The number of aliphatic hydroxyl groups is 1. The summed E-state index contributed by atoms with van der Waals surface area (Å²) in [4.78, 5) is 18.2. The molecule has 0 aliphatic carbocycles. The van der Waals surface area contributed by atoms with E-state index in [-0.39, 0.29) is 12.7 Å². The number of methoxy groups -OCH3 is 1. The van der Waals surface area contributed by atoms with Crippen molar-refractivity contribution in [3.05, 3.63) is 54.6 Å². The first kappa shape index (κ1) is 24.7. The van der Waals surface area contributed by atoms with Crippen LogP contribution in [0.4, 0.5) is 0 Å². The Morgan fingerprint density at radius 2 is 1.50 bits per heavy atom. The van der Waals surface area contributed by atoms with E-state index in [1.807, 2.05) is 61.5 Å². The molecule has 0 aliphatic rings. The zero-order chi connectivity index (χ0) is 22.4. The van der Waals surface area contributed by atoms with Gasteiger partial charge in [-0.3, -0.25) is 0 Å². The third kappa shape index (κ3) is 10.3. The van der Waals surface area contributed by atoms with Crippen LogP contribution in [-0.4, -0.2) is 66.3 Å². The van der Waals surface area contributed by atoms with Crippen molar-refractivity contribution >= 4 is 11.9 Å². The van der Waals surface area contributed by atoms with E-state index in [4.69, 9.17) is 34.0 Å². The van der Waals surface area contributed by atoms with Crippen molar-refractivity contribution in [1.29, 1.82) is 0 Å². The van der Waals surface area contributed by atoms with Crippen molar-refractivity contribution < 1.29 is 39.1 Å². The van der Waals surface area contributed by atoms with Crippen molar-refractivity contribution in [2.45, 2.75) is 19.1 Å². The molecule has 0 saturated carbocycles. The highest BCUT2D eigenvalue weighted by Gasteiger charge is 2.10. The predicted molar refractivity (Wildman–Crippen MR) is 109 cm³/mol. The molecule has 0 saturated heterocycles. The molecule has 9 heteroatoms. The van der Waals surface area contributed by atoms with Crippen LogP contribution in [0.25, 0.3) is 0 Å². The third-order valence-electron chi connectivity index (χ3n) is 3.58. The van der Waals surface area contributed by atoms with E-state index in [0.717, 1.165) is 5.75 Å². The Bertz CT molecular complexity index is 757. The van der Waals surface area contributed by atoms with Crippen LogP contribution in [0.2, 0.25) is 0 Å². The Morgan fingerprint density at radius 3 is 2.07 bits per heavy atom. The van der Waals surface area contributed by atoms with Crippen molar-refractivity contribution in [2.75, 3.05) is 26.8 Å². The Hall–Kier alpha value is -3.30. The summed E-state index contributed by atoms with van der Waals surface area (Å²) in [6, 6.07) is 17.0. The maximum atomic E-state index is 9.95. The average Bonchev–Trinajstić information content (AvgIpc) is 2.73. The summed E-state index contributed by atoms with van der Waals surface area (Å²) < 4.78 is 16.6. The van der Waals surface area contributed by atoms with Crippen LogP contribution in [0.15, 0.2) is 54.6 Å². The summed E-state index contributed by atoms with van der Waals surface area (Å²) in [5.41, 5.74) is 0. The molecule has 9 nitrogen and oxygen atoms in total. The fourth-order valence-corrected chi connectivity index (χ4v) is 2.20. The van der Waals surface area contributed by atoms with E-state index in [1.54, 1.807) is 7.11 Å². The van der Waals surface area contributed by atoms with E-state index in [0.29, 0.717) is 24.6 Å². The summed E-state index contributed by atoms with van der Waals surface area (Å²) in [5, 5.41) is 27.9. The van der Waals surface area contributed by atoms with Gasteiger partial charge in [0.25, 0.3) is 0 Å². The molecule has 0 amide bonds. The first-order chi connectivity index (χ1) is 14.3.